The van der Waals surface area contributed by atoms with Crippen LogP contribution in [0.5, 0.6) is 11.5 Å². The third kappa shape index (κ3) is 4.24. The average molecular weight is 485 g/mol. The molecule has 7 nitrogen and oxygen atoms in total. The first-order chi connectivity index (χ1) is 17.1. The molecule has 35 heavy (non-hydrogen) atoms. The maximum atomic E-state index is 13.0. The molecule has 0 saturated heterocycles. The fourth-order valence-electron chi connectivity index (χ4n) is 4.23. The lowest BCUT2D eigenvalue weighted by Crippen LogP contribution is -2.23. The molecule has 1 amide bonds. The Bertz CT molecular complexity index is 1430. The van der Waals surface area contributed by atoms with Crippen LogP contribution in [0.4, 0.5) is 5.13 Å². The minimum atomic E-state index is -0.379. The molecule has 174 valence electrons. The zero-order valence-electron chi connectivity index (χ0n) is 18.5. The van der Waals surface area contributed by atoms with Gasteiger partial charge in [-0.15, -0.1) is 11.3 Å². The van der Waals surface area contributed by atoms with E-state index in [4.69, 9.17) is 14.2 Å². The normalized spacial score (nSPS) is 16.2. The van der Waals surface area contributed by atoms with E-state index in [-0.39, 0.29) is 18.0 Å². The molecule has 2 aliphatic rings. The number of nitrogens with zero attached hydrogens (tertiary/aromatic N) is 1. The van der Waals surface area contributed by atoms with Crippen molar-refractivity contribution in [1.82, 2.24) is 4.98 Å². The lowest BCUT2D eigenvalue weighted by molar-refractivity contribution is 0.0252. The van der Waals surface area contributed by atoms with Crippen molar-refractivity contribution in [3.63, 3.8) is 0 Å². The number of hydrogen-bond donors (Lipinski definition) is 1. The fourth-order valence-corrected chi connectivity index (χ4v) is 4.94. The van der Waals surface area contributed by atoms with Crippen LogP contribution < -0.4 is 14.8 Å². The van der Waals surface area contributed by atoms with Gasteiger partial charge in [-0.05, 0) is 47.5 Å². The van der Waals surface area contributed by atoms with E-state index in [1.54, 1.807) is 18.2 Å². The van der Waals surface area contributed by atoms with E-state index in [1.165, 1.54) is 11.3 Å². The summed E-state index contributed by atoms with van der Waals surface area (Å²) in [4.78, 5) is 30.1. The van der Waals surface area contributed by atoms with E-state index < -0.39 is 0 Å². The van der Waals surface area contributed by atoms with Gasteiger partial charge in [0, 0.05) is 22.9 Å². The first-order valence-corrected chi connectivity index (χ1v) is 12.1. The Morgan fingerprint density at radius 3 is 2.66 bits per heavy atom. The molecular weight excluding hydrogens is 464 g/mol. The Morgan fingerprint density at radius 1 is 0.971 bits per heavy atom. The highest BCUT2D eigenvalue weighted by Gasteiger charge is 2.28. The molecule has 1 atom stereocenters. The Kier molecular flexibility index (Phi) is 5.42. The number of benzene rings is 3. The van der Waals surface area contributed by atoms with Crippen molar-refractivity contribution >= 4 is 28.3 Å². The average Bonchev–Trinajstić information content (AvgIpc) is 3.37. The highest BCUT2D eigenvalue weighted by atomic mass is 32.1. The van der Waals surface area contributed by atoms with Crippen LogP contribution in [-0.2, 0) is 11.2 Å². The Morgan fingerprint density at radius 2 is 1.80 bits per heavy atom. The van der Waals surface area contributed by atoms with Gasteiger partial charge in [0.2, 0.25) is 0 Å². The van der Waals surface area contributed by atoms with E-state index in [2.05, 4.69) is 10.3 Å². The second kappa shape index (κ2) is 8.88. The van der Waals surface area contributed by atoms with Crippen molar-refractivity contribution < 1.29 is 23.8 Å². The predicted octanol–water partition coefficient (Wildman–Crippen LogP) is 5.29. The van der Waals surface area contributed by atoms with E-state index in [0.717, 1.165) is 28.1 Å². The van der Waals surface area contributed by atoms with Crippen molar-refractivity contribution in [3.8, 4) is 22.8 Å². The number of ether oxygens (including phenoxy) is 3. The molecular formula is C27H20N2O5S. The maximum Gasteiger partial charge on any atom is 0.339 e. The Hall–Kier alpha value is -4.17. The smallest absolute Gasteiger partial charge is 0.339 e. The number of esters is 1. The number of thiazole rings is 1. The summed E-state index contributed by atoms with van der Waals surface area (Å²) >= 11 is 1.34. The third-order valence-corrected chi connectivity index (χ3v) is 6.73. The van der Waals surface area contributed by atoms with Crippen LogP contribution in [-0.4, -0.2) is 30.1 Å². The van der Waals surface area contributed by atoms with Gasteiger partial charge in [-0.3, -0.25) is 10.1 Å². The van der Waals surface area contributed by atoms with Crippen LogP contribution in [0.2, 0.25) is 0 Å². The monoisotopic (exact) mass is 484 g/mol. The van der Waals surface area contributed by atoms with Crippen molar-refractivity contribution in [2.45, 2.75) is 12.5 Å². The summed E-state index contributed by atoms with van der Waals surface area (Å²) in [6.45, 7) is 1.05. The van der Waals surface area contributed by atoms with Gasteiger partial charge in [0.15, 0.2) is 16.6 Å². The SMILES string of the molecule is O=C(Nc1nc(-c2ccc3c(c2)OCCO3)cs1)c1ccc2c(c1)CC(c1ccccc1)OC2=O. The molecule has 6 rings (SSSR count). The maximum absolute atomic E-state index is 13.0. The van der Waals surface area contributed by atoms with E-state index in [1.807, 2.05) is 53.9 Å². The topological polar surface area (TPSA) is 86.8 Å². The predicted molar refractivity (Wildman–Crippen MR) is 131 cm³/mol. The van der Waals surface area contributed by atoms with Crippen LogP contribution in [0.25, 0.3) is 11.3 Å². The van der Waals surface area contributed by atoms with Gasteiger partial charge in [0.25, 0.3) is 5.91 Å². The zero-order chi connectivity index (χ0) is 23.8. The molecule has 0 saturated carbocycles. The molecule has 2 aliphatic heterocycles. The standard InChI is InChI=1S/C27H20N2O5S/c30-25(29-27-28-21(15-35-27)17-7-9-22-24(13-17)33-11-10-32-22)18-6-8-20-19(12-18)14-23(34-26(20)31)16-4-2-1-3-5-16/h1-9,12-13,15,23H,10-11,14H2,(H,28,29,30). The van der Waals surface area contributed by atoms with Crippen LogP contribution in [0.1, 0.15) is 37.9 Å². The molecule has 0 aliphatic carbocycles. The van der Waals surface area contributed by atoms with Gasteiger partial charge < -0.3 is 14.2 Å². The van der Waals surface area contributed by atoms with Gasteiger partial charge in [-0.1, -0.05) is 30.3 Å². The Labute approximate surface area is 205 Å². The number of cyclic esters (lactones) is 1. The molecule has 0 radical (unpaired) electrons. The molecule has 4 aromatic rings. The molecule has 8 heteroatoms. The molecule has 1 unspecified atom stereocenters. The second-order valence-corrected chi connectivity index (χ2v) is 9.09. The minimum absolute atomic E-state index is 0.286. The first-order valence-electron chi connectivity index (χ1n) is 11.2. The summed E-state index contributed by atoms with van der Waals surface area (Å²) in [5, 5.41) is 5.24. The molecule has 1 N–H and O–H groups in total. The Balaban J connectivity index is 1.19. The summed E-state index contributed by atoms with van der Waals surface area (Å²) in [7, 11) is 0. The molecule has 0 bridgehead atoms. The number of carbonyl (C=O) groups is 2. The van der Waals surface area contributed by atoms with E-state index in [9.17, 15) is 9.59 Å². The van der Waals surface area contributed by atoms with Gasteiger partial charge in [-0.25, -0.2) is 9.78 Å². The van der Waals surface area contributed by atoms with Crippen molar-refractivity contribution in [2.24, 2.45) is 0 Å². The van der Waals surface area contributed by atoms with Crippen molar-refractivity contribution in [3.05, 3.63) is 94.4 Å². The number of carbonyl (C=O) groups excluding carboxylic acids is 2. The summed E-state index contributed by atoms with van der Waals surface area (Å²) in [6.07, 6.45) is 0.139. The van der Waals surface area contributed by atoms with Crippen LogP contribution in [0.3, 0.4) is 0 Å². The number of anilines is 1. The minimum Gasteiger partial charge on any atom is -0.486 e. The van der Waals surface area contributed by atoms with Gasteiger partial charge in [-0.2, -0.15) is 0 Å². The number of hydrogen-bond acceptors (Lipinski definition) is 7. The number of fused-ring (bicyclic) bond motifs is 2. The number of rotatable bonds is 4. The quantitative estimate of drug-likeness (QED) is 0.396. The molecule has 1 aromatic heterocycles. The molecule has 3 aromatic carbocycles. The first kappa shape index (κ1) is 21.4. The van der Waals surface area contributed by atoms with Crippen LogP contribution in [0, 0.1) is 0 Å². The highest BCUT2D eigenvalue weighted by Crippen LogP contribution is 2.36. The summed E-state index contributed by atoms with van der Waals surface area (Å²) < 4.78 is 16.8. The lowest BCUT2D eigenvalue weighted by atomic mass is 9.93. The molecule has 3 heterocycles. The van der Waals surface area contributed by atoms with E-state index in [0.29, 0.717) is 41.6 Å². The molecule has 0 spiro atoms. The lowest BCUT2D eigenvalue weighted by Gasteiger charge is -2.25. The fraction of sp³-hybridized carbons (Fsp3) is 0.148. The summed E-state index contributed by atoms with van der Waals surface area (Å²) in [6, 6.07) is 20.3. The van der Waals surface area contributed by atoms with Crippen LogP contribution in [0.15, 0.2) is 72.1 Å². The summed E-state index contributed by atoms with van der Waals surface area (Å²) in [5.74, 6) is 0.741. The van der Waals surface area contributed by atoms with Crippen LogP contribution >= 0.6 is 11.3 Å². The second-order valence-electron chi connectivity index (χ2n) is 8.23. The van der Waals surface area contributed by atoms with E-state index >= 15 is 0 Å². The van der Waals surface area contributed by atoms with Gasteiger partial charge in [0.1, 0.15) is 19.3 Å². The zero-order valence-corrected chi connectivity index (χ0v) is 19.3. The largest absolute Gasteiger partial charge is 0.486 e. The number of amides is 1. The highest BCUT2D eigenvalue weighted by molar-refractivity contribution is 7.14. The summed E-state index contributed by atoms with van der Waals surface area (Å²) in [5.41, 5.74) is 4.28. The van der Waals surface area contributed by atoms with Gasteiger partial charge in [0.05, 0.1) is 11.3 Å². The van der Waals surface area contributed by atoms with Gasteiger partial charge >= 0.3 is 5.97 Å². The number of nitrogens with one attached hydrogen (secondary N) is 1. The van der Waals surface area contributed by atoms with Crippen molar-refractivity contribution in [1.29, 1.82) is 0 Å². The number of aromatic nitrogens is 1. The van der Waals surface area contributed by atoms with Crippen molar-refractivity contribution in [2.75, 3.05) is 18.5 Å². The molecule has 0 fully saturated rings. The third-order valence-electron chi connectivity index (χ3n) is 5.98.